The highest BCUT2D eigenvalue weighted by Crippen LogP contribution is 2.31. The highest BCUT2D eigenvalue weighted by molar-refractivity contribution is 5.88. The Hall–Kier alpha value is -2.73. The number of aromatic nitrogens is 2. The number of carbonyl (C=O) groups is 1. The summed E-state index contributed by atoms with van der Waals surface area (Å²) in [5, 5.41) is 0. The van der Waals surface area contributed by atoms with Crippen molar-refractivity contribution in [1.29, 1.82) is 0 Å². The largest absolute Gasteiger partial charge is 0.332 e. The Morgan fingerprint density at radius 2 is 2.13 bits per heavy atom. The van der Waals surface area contributed by atoms with E-state index in [9.17, 15) is 9.59 Å². The zero-order valence-electron chi connectivity index (χ0n) is 18.0. The van der Waals surface area contributed by atoms with Crippen molar-refractivity contribution in [2.24, 2.45) is 5.92 Å². The van der Waals surface area contributed by atoms with Gasteiger partial charge in [0, 0.05) is 55.2 Å². The van der Waals surface area contributed by atoms with E-state index in [-0.39, 0.29) is 17.5 Å². The molecule has 1 N–H and O–H groups in total. The fourth-order valence-electron chi connectivity index (χ4n) is 5.82. The summed E-state index contributed by atoms with van der Waals surface area (Å²) in [5.74, 6) is 1.10. The number of nitrogens with zero attached hydrogens (tertiary/aromatic N) is 3. The van der Waals surface area contributed by atoms with Crippen molar-refractivity contribution in [3.63, 3.8) is 0 Å². The standard InChI is InChI=1S/C25H30N4O2/c30-24(28-13-2-1-7-22(28)20-6-4-11-26-15-20)10-5-12-27-16-19-14-21(18-27)23-8-3-9-25(31)29(23)17-19/h3-6,8-11,15,19,21-22H,1-2,7,12-14,16-18H2/p+1/b10-5+/t19-,21+,22+/m0/s1. The zero-order valence-corrected chi connectivity index (χ0v) is 18.0. The average molecular weight is 420 g/mol. The topological polar surface area (TPSA) is 59.6 Å². The second kappa shape index (κ2) is 8.79. The highest BCUT2D eigenvalue weighted by atomic mass is 16.2. The van der Waals surface area contributed by atoms with Gasteiger partial charge in [0.05, 0.1) is 25.7 Å². The van der Waals surface area contributed by atoms with Gasteiger partial charge >= 0.3 is 0 Å². The molecule has 2 aromatic rings. The van der Waals surface area contributed by atoms with Crippen LogP contribution < -0.4 is 10.5 Å². The summed E-state index contributed by atoms with van der Waals surface area (Å²) >= 11 is 0. The first-order valence-electron chi connectivity index (χ1n) is 11.6. The van der Waals surface area contributed by atoms with Gasteiger partial charge in [-0.2, -0.15) is 0 Å². The van der Waals surface area contributed by atoms with Crippen LogP contribution in [0.2, 0.25) is 0 Å². The lowest BCUT2D eigenvalue weighted by Crippen LogP contribution is -3.14. The Morgan fingerprint density at radius 1 is 1.19 bits per heavy atom. The predicted octanol–water partition coefficient (Wildman–Crippen LogP) is 1.56. The molecule has 0 saturated carbocycles. The van der Waals surface area contributed by atoms with Gasteiger partial charge in [-0.05, 0) is 49.5 Å². The maximum absolute atomic E-state index is 13.0. The number of piperidine rings is 2. The number of quaternary nitrogens is 1. The van der Waals surface area contributed by atoms with Gasteiger partial charge in [0.25, 0.3) is 5.56 Å². The first kappa shape index (κ1) is 20.2. The SMILES string of the molecule is O=C(/C=C/C[NH+]1C[C@@H]2C[C@H](C1)c1cccc(=O)n1C2)N1CCCC[C@@H]1c1cccnc1. The van der Waals surface area contributed by atoms with E-state index in [4.69, 9.17) is 0 Å². The highest BCUT2D eigenvalue weighted by Gasteiger charge is 2.36. The van der Waals surface area contributed by atoms with Crippen LogP contribution in [-0.2, 0) is 11.3 Å². The van der Waals surface area contributed by atoms with Crippen LogP contribution in [0.3, 0.4) is 0 Å². The quantitative estimate of drug-likeness (QED) is 0.765. The maximum atomic E-state index is 13.0. The third kappa shape index (κ3) is 4.22. The van der Waals surface area contributed by atoms with Crippen molar-refractivity contribution in [1.82, 2.24) is 14.5 Å². The molecule has 0 aromatic carbocycles. The van der Waals surface area contributed by atoms with E-state index < -0.39 is 0 Å². The van der Waals surface area contributed by atoms with Gasteiger partial charge in [-0.25, -0.2) is 0 Å². The van der Waals surface area contributed by atoms with E-state index >= 15 is 0 Å². The Kier molecular flexibility index (Phi) is 5.72. The van der Waals surface area contributed by atoms with E-state index in [1.807, 2.05) is 27.8 Å². The lowest BCUT2D eigenvalue weighted by atomic mass is 9.83. The number of rotatable bonds is 4. The number of carbonyl (C=O) groups excluding carboxylic acids is 1. The molecule has 162 valence electrons. The maximum Gasteiger partial charge on any atom is 0.250 e. The Morgan fingerprint density at radius 3 is 3.00 bits per heavy atom. The van der Waals surface area contributed by atoms with Crippen molar-refractivity contribution in [3.05, 3.63) is 76.5 Å². The molecule has 5 heterocycles. The molecule has 31 heavy (non-hydrogen) atoms. The van der Waals surface area contributed by atoms with E-state index in [2.05, 4.69) is 23.2 Å². The summed E-state index contributed by atoms with van der Waals surface area (Å²) < 4.78 is 1.98. The normalized spacial score (nSPS) is 27.8. The van der Waals surface area contributed by atoms with Crippen molar-refractivity contribution in [2.75, 3.05) is 26.2 Å². The summed E-state index contributed by atoms with van der Waals surface area (Å²) in [6, 6.07) is 9.83. The van der Waals surface area contributed by atoms with Crippen LogP contribution in [0.25, 0.3) is 0 Å². The molecule has 0 spiro atoms. The van der Waals surface area contributed by atoms with Crippen molar-refractivity contribution in [3.8, 4) is 0 Å². The Balaban J connectivity index is 1.23. The van der Waals surface area contributed by atoms with Gasteiger partial charge in [-0.15, -0.1) is 0 Å². The average Bonchev–Trinajstić information content (AvgIpc) is 2.80. The van der Waals surface area contributed by atoms with Crippen LogP contribution >= 0.6 is 0 Å². The summed E-state index contributed by atoms with van der Waals surface area (Å²) in [6.45, 7) is 4.60. The molecule has 3 aliphatic heterocycles. The predicted molar refractivity (Wildman–Crippen MR) is 119 cm³/mol. The molecule has 2 bridgehead atoms. The number of fused-ring (bicyclic) bond motifs is 4. The lowest BCUT2D eigenvalue weighted by Gasteiger charge is -2.40. The van der Waals surface area contributed by atoms with Gasteiger partial charge in [-0.1, -0.05) is 12.1 Å². The van der Waals surface area contributed by atoms with E-state index in [0.29, 0.717) is 11.8 Å². The van der Waals surface area contributed by atoms with E-state index in [1.165, 1.54) is 17.0 Å². The van der Waals surface area contributed by atoms with Crippen LogP contribution in [0.1, 0.15) is 48.9 Å². The first-order valence-corrected chi connectivity index (χ1v) is 11.6. The fourth-order valence-corrected chi connectivity index (χ4v) is 5.82. The molecule has 0 radical (unpaired) electrons. The summed E-state index contributed by atoms with van der Waals surface area (Å²) in [4.78, 5) is 33.0. The summed E-state index contributed by atoms with van der Waals surface area (Å²) in [6.07, 6.45) is 11.9. The second-order valence-electron chi connectivity index (χ2n) is 9.29. The molecule has 4 atom stereocenters. The van der Waals surface area contributed by atoms with Gasteiger partial charge in [-0.3, -0.25) is 14.6 Å². The van der Waals surface area contributed by atoms with Gasteiger partial charge in [0.2, 0.25) is 5.91 Å². The van der Waals surface area contributed by atoms with Crippen LogP contribution in [0.4, 0.5) is 0 Å². The fraction of sp³-hybridized carbons (Fsp3) is 0.480. The lowest BCUT2D eigenvalue weighted by molar-refractivity contribution is -0.905. The van der Waals surface area contributed by atoms with E-state index in [1.54, 1.807) is 18.3 Å². The number of nitrogens with one attached hydrogen (secondary N) is 1. The molecule has 6 nitrogen and oxygen atoms in total. The van der Waals surface area contributed by atoms with Crippen molar-refractivity contribution >= 4 is 5.91 Å². The zero-order chi connectivity index (χ0) is 21.2. The number of hydrogen-bond donors (Lipinski definition) is 1. The van der Waals surface area contributed by atoms with Crippen molar-refractivity contribution in [2.45, 2.75) is 44.2 Å². The number of amides is 1. The summed E-state index contributed by atoms with van der Waals surface area (Å²) in [7, 11) is 0. The third-order valence-electron chi connectivity index (χ3n) is 7.19. The minimum Gasteiger partial charge on any atom is -0.332 e. The van der Waals surface area contributed by atoms with E-state index in [0.717, 1.165) is 57.5 Å². The monoisotopic (exact) mass is 419 g/mol. The molecular weight excluding hydrogens is 388 g/mol. The second-order valence-corrected chi connectivity index (χ2v) is 9.29. The third-order valence-corrected chi connectivity index (χ3v) is 7.19. The van der Waals surface area contributed by atoms with Crippen LogP contribution in [0, 0.1) is 5.92 Å². The smallest absolute Gasteiger partial charge is 0.250 e. The molecule has 1 unspecified atom stereocenters. The van der Waals surface area contributed by atoms with Crippen molar-refractivity contribution < 1.29 is 9.69 Å². The Labute approximate surface area is 183 Å². The number of likely N-dealkylation sites (tertiary alicyclic amines) is 2. The minimum absolute atomic E-state index is 0.113. The molecule has 2 saturated heterocycles. The van der Waals surface area contributed by atoms with Gasteiger partial charge < -0.3 is 14.4 Å². The van der Waals surface area contributed by atoms with Crippen LogP contribution in [-0.4, -0.2) is 46.5 Å². The first-order chi connectivity index (χ1) is 15.2. The molecule has 2 aromatic heterocycles. The van der Waals surface area contributed by atoms with Crippen LogP contribution in [0.5, 0.6) is 0 Å². The molecule has 3 aliphatic rings. The minimum atomic E-state index is 0.113. The summed E-state index contributed by atoms with van der Waals surface area (Å²) in [5.41, 5.74) is 2.45. The molecule has 0 aliphatic carbocycles. The molecule has 2 fully saturated rings. The number of hydrogen-bond acceptors (Lipinski definition) is 3. The van der Waals surface area contributed by atoms with Crippen LogP contribution in [0.15, 0.2) is 59.7 Å². The molecule has 6 heteroatoms. The van der Waals surface area contributed by atoms with Gasteiger partial charge in [0.1, 0.15) is 0 Å². The molecular formula is C25H31N4O2+. The molecule has 5 rings (SSSR count). The Bertz CT molecular complexity index is 1020. The van der Waals surface area contributed by atoms with Gasteiger partial charge in [0.15, 0.2) is 0 Å². The number of pyridine rings is 2. The molecule has 1 amide bonds.